The second-order valence-corrected chi connectivity index (χ2v) is 9.23. The second-order valence-electron chi connectivity index (χ2n) is 7.00. The fraction of sp³-hybridized carbons (Fsp3) is 0.526. The van der Waals surface area contributed by atoms with Gasteiger partial charge in [-0.05, 0) is 38.3 Å². The quantitative estimate of drug-likeness (QED) is 0.829. The van der Waals surface area contributed by atoms with Crippen molar-refractivity contribution < 1.29 is 9.59 Å². The third kappa shape index (κ3) is 5.07. The summed E-state index contributed by atoms with van der Waals surface area (Å²) in [7, 11) is 3.51. The molecule has 8 heteroatoms. The number of carbonyl (C=O) groups is 2. The van der Waals surface area contributed by atoms with Gasteiger partial charge in [-0.2, -0.15) is 0 Å². The van der Waals surface area contributed by atoms with Gasteiger partial charge in [-0.25, -0.2) is 9.78 Å². The molecule has 1 saturated heterocycles. The predicted molar refractivity (Wildman–Crippen MR) is 110 cm³/mol. The number of thiazole rings is 1. The van der Waals surface area contributed by atoms with E-state index in [9.17, 15) is 9.59 Å². The number of urea groups is 1. The van der Waals surface area contributed by atoms with E-state index in [0.29, 0.717) is 19.6 Å². The third-order valence-electron chi connectivity index (χ3n) is 4.72. The van der Waals surface area contributed by atoms with E-state index in [-0.39, 0.29) is 17.9 Å². The van der Waals surface area contributed by atoms with Crippen molar-refractivity contribution in [3.05, 3.63) is 27.4 Å². The number of thiophene rings is 1. The molecule has 1 fully saturated rings. The molecular formula is C19H26N4O2S2. The minimum Gasteiger partial charge on any atom is -0.355 e. The van der Waals surface area contributed by atoms with Crippen LogP contribution >= 0.6 is 22.7 Å². The lowest BCUT2D eigenvalue weighted by Gasteiger charge is -2.33. The first-order valence-corrected chi connectivity index (χ1v) is 10.9. The Morgan fingerprint density at radius 1 is 1.30 bits per heavy atom. The topological polar surface area (TPSA) is 65.5 Å². The van der Waals surface area contributed by atoms with Crippen molar-refractivity contribution in [2.75, 3.05) is 33.7 Å². The summed E-state index contributed by atoms with van der Waals surface area (Å²) >= 11 is 3.40. The Labute approximate surface area is 168 Å². The monoisotopic (exact) mass is 406 g/mol. The van der Waals surface area contributed by atoms with Crippen LogP contribution in [0.4, 0.5) is 4.79 Å². The van der Waals surface area contributed by atoms with Gasteiger partial charge >= 0.3 is 6.03 Å². The van der Waals surface area contributed by atoms with Crippen LogP contribution in [0.5, 0.6) is 0 Å². The van der Waals surface area contributed by atoms with Crippen LogP contribution < -0.4 is 5.32 Å². The molecule has 0 radical (unpaired) electrons. The van der Waals surface area contributed by atoms with Crippen LogP contribution in [0.3, 0.4) is 0 Å². The lowest BCUT2D eigenvalue weighted by Crippen LogP contribution is -2.46. The summed E-state index contributed by atoms with van der Waals surface area (Å²) in [6.45, 7) is 3.96. The molecule has 0 atom stereocenters. The van der Waals surface area contributed by atoms with Gasteiger partial charge in [-0.15, -0.1) is 22.7 Å². The van der Waals surface area contributed by atoms with Gasteiger partial charge in [0.05, 0.1) is 15.6 Å². The third-order valence-corrected chi connectivity index (χ3v) is 6.66. The number of amides is 3. The van der Waals surface area contributed by atoms with Crippen LogP contribution in [0.15, 0.2) is 17.5 Å². The number of nitrogens with zero attached hydrogens (tertiary/aromatic N) is 3. The van der Waals surface area contributed by atoms with Crippen LogP contribution in [-0.4, -0.2) is 60.5 Å². The highest BCUT2D eigenvalue weighted by Crippen LogP contribution is 2.29. The largest absolute Gasteiger partial charge is 0.355 e. The van der Waals surface area contributed by atoms with E-state index in [1.54, 1.807) is 41.7 Å². The van der Waals surface area contributed by atoms with Crippen molar-refractivity contribution in [1.29, 1.82) is 0 Å². The maximum Gasteiger partial charge on any atom is 0.319 e. The van der Waals surface area contributed by atoms with Crippen molar-refractivity contribution in [1.82, 2.24) is 20.1 Å². The Kier molecular flexibility index (Phi) is 6.49. The van der Waals surface area contributed by atoms with Gasteiger partial charge in [-0.3, -0.25) is 4.79 Å². The number of rotatable bonds is 5. The van der Waals surface area contributed by atoms with Crippen molar-refractivity contribution in [2.45, 2.75) is 26.2 Å². The highest BCUT2D eigenvalue weighted by molar-refractivity contribution is 7.16. The number of likely N-dealkylation sites (tertiary alicyclic amines) is 1. The summed E-state index contributed by atoms with van der Waals surface area (Å²) in [4.78, 5) is 34.7. The van der Waals surface area contributed by atoms with E-state index in [2.05, 4.69) is 27.8 Å². The van der Waals surface area contributed by atoms with Crippen molar-refractivity contribution in [2.24, 2.45) is 5.92 Å². The van der Waals surface area contributed by atoms with Gasteiger partial charge in [0, 0.05) is 49.9 Å². The van der Waals surface area contributed by atoms with E-state index in [0.717, 1.165) is 30.0 Å². The Morgan fingerprint density at radius 3 is 2.67 bits per heavy atom. The SMILES string of the molecule is Cc1nc(-c2ccc(CCNC(=O)C3CCN(C(=O)N(C)C)CC3)s2)cs1. The molecule has 3 heterocycles. The highest BCUT2D eigenvalue weighted by atomic mass is 32.1. The molecule has 0 aliphatic carbocycles. The Balaban J connectivity index is 1.41. The standard InChI is InChI=1S/C19H26N4O2S2/c1-13-21-16(12-26-13)17-5-4-15(27-17)6-9-20-18(24)14-7-10-23(11-8-14)19(25)22(2)3/h4-5,12,14H,6-11H2,1-3H3,(H,20,24). The first kappa shape index (κ1) is 19.8. The van der Waals surface area contributed by atoms with Gasteiger partial charge in [0.15, 0.2) is 0 Å². The van der Waals surface area contributed by atoms with Crippen molar-refractivity contribution >= 4 is 34.6 Å². The molecule has 0 spiro atoms. The molecule has 6 nitrogen and oxygen atoms in total. The molecule has 146 valence electrons. The fourth-order valence-corrected chi connectivity index (χ4v) is 4.85. The Bertz CT molecular complexity index is 791. The molecule has 1 N–H and O–H groups in total. The summed E-state index contributed by atoms with van der Waals surface area (Å²) in [6, 6.07) is 4.25. The van der Waals surface area contributed by atoms with Crippen LogP contribution in [0, 0.1) is 12.8 Å². The van der Waals surface area contributed by atoms with Gasteiger partial charge < -0.3 is 15.1 Å². The molecule has 3 rings (SSSR count). The van der Waals surface area contributed by atoms with Crippen molar-refractivity contribution in [3.63, 3.8) is 0 Å². The summed E-state index contributed by atoms with van der Waals surface area (Å²) in [6.07, 6.45) is 2.30. The molecule has 0 saturated carbocycles. The average Bonchev–Trinajstić information content (AvgIpc) is 3.30. The van der Waals surface area contributed by atoms with E-state index < -0.39 is 0 Å². The van der Waals surface area contributed by atoms with Crippen LogP contribution in [0.2, 0.25) is 0 Å². The predicted octanol–water partition coefficient (Wildman–Crippen LogP) is 3.23. The number of nitrogens with one attached hydrogen (secondary N) is 1. The summed E-state index contributed by atoms with van der Waals surface area (Å²) < 4.78 is 0. The summed E-state index contributed by atoms with van der Waals surface area (Å²) in [5.74, 6) is 0.118. The zero-order chi connectivity index (χ0) is 19.4. The number of hydrogen-bond acceptors (Lipinski definition) is 5. The number of aromatic nitrogens is 1. The smallest absolute Gasteiger partial charge is 0.319 e. The van der Waals surface area contributed by atoms with Crippen LogP contribution in [0.25, 0.3) is 10.6 Å². The zero-order valence-electron chi connectivity index (χ0n) is 16.0. The van der Waals surface area contributed by atoms with E-state index in [1.807, 2.05) is 11.8 Å². The minimum atomic E-state index is 0.00749. The maximum absolute atomic E-state index is 12.4. The molecule has 2 aromatic heterocycles. The normalized spacial score (nSPS) is 15.0. The van der Waals surface area contributed by atoms with Gasteiger partial charge in [-0.1, -0.05) is 0 Å². The maximum atomic E-state index is 12.4. The highest BCUT2D eigenvalue weighted by Gasteiger charge is 2.27. The molecule has 0 aromatic carbocycles. The van der Waals surface area contributed by atoms with Gasteiger partial charge in [0.2, 0.25) is 5.91 Å². The van der Waals surface area contributed by atoms with Crippen LogP contribution in [-0.2, 0) is 11.2 Å². The molecule has 0 bridgehead atoms. The molecule has 27 heavy (non-hydrogen) atoms. The molecular weight excluding hydrogens is 380 g/mol. The number of piperidine rings is 1. The zero-order valence-corrected chi connectivity index (χ0v) is 17.7. The Hall–Kier alpha value is -1.93. The molecule has 1 aliphatic rings. The fourth-order valence-electron chi connectivity index (χ4n) is 3.20. The number of aryl methyl sites for hydroxylation is 1. The summed E-state index contributed by atoms with van der Waals surface area (Å²) in [5, 5.41) is 6.22. The lowest BCUT2D eigenvalue weighted by molar-refractivity contribution is -0.126. The lowest BCUT2D eigenvalue weighted by atomic mass is 9.96. The minimum absolute atomic E-state index is 0.00749. The molecule has 3 amide bonds. The number of hydrogen-bond donors (Lipinski definition) is 1. The second kappa shape index (κ2) is 8.84. The Morgan fingerprint density at radius 2 is 2.04 bits per heavy atom. The van der Waals surface area contributed by atoms with E-state index >= 15 is 0 Å². The van der Waals surface area contributed by atoms with Crippen LogP contribution in [0.1, 0.15) is 22.7 Å². The van der Waals surface area contributed by atoms with E-state index in [4.69, 9.17) is 0 Å². The number of carbonyl (C=O) groups excluding carboxylic acids is 2. The van der Waals surface area contributed by atoms with E-state index in [1.165, 1.54) is 9.75 Å². The molecule has 0 unspecified atom stereocenters. The molecule has 2 aromatic rings. The average molecular weight is 407 g/mol. The summed E-state index contributed by atoms with van der Waals surface area (Å²) in [5.41, 5.74) is 1.04. The first-order valence-electron chi connectivity index (χ1n) is 9.19. The first-order chi connectivity index (χ1) is 12.9. The molecule has 1 aliphatic heterocycles. The van der Waals surface area contributed by atoms with Gasteiger partial charge in [0.25, 0.3) is 0 Å². The van der Waals surface area contributed by atoms with Crippen molar-refractivity contribution in [3.8, 4) is 10.6 Å². The van der Waals surface area contributed by atoms with Gasteiger partial charge in [0.1, 0.15) is 0 Å².